The van der Waals surface area contributed by atoms with Crippen LogP contribution in [-0.2, 0) is 16.6 Å². The highest BCUT2D eigenvalue weighted by Gasteiger charge is 2.11. The number of hydrogen-bond donors (Lipinski definition) is 2. The van der Waals surface area contributed by atoms with Gasteiger partial charge < -0.3 is 5.32 Å². The molecule has 22 heavy (non-hydrogen) atoms. The average Bonchev–Trinajstić information content (AvgIpc) is 2.89. The summed E-state index contributed by atoms with van der Waals surface area (Å²) in [4.78, 5) is 8.45. The summed E-state index contributed by atoms with van der Waals surface area (Å²) in [7, 11) is -3.19. The molecule has 0 unspecified atom stereocenters. The Kier molecular flexibility index (Phi) is 5.67. The normalized spacial score (nSPS) is 11.9. The van der Waals surface area contributed by atoms with Gasteiger partial charge in [-0.2, -0.15) is 5.10 Å². The van der Waals surface area contributed by atoms with Gasteiger partial charge in [0.05, 0.1) is 23.9 Å². The maximum Gasteiger partial charge on any atom is 0.211 e. The van der Waals surface area contributed by atoms with Crippen LogP contribution in [0.5, 0.6) is 0 Å². The van der Waals surface area contributed by atoms with E-state index in [1.807, 2.05) is 6.92 Å². The van der Waals surface area contributed by atoms with Crippen molar-refractivity contribution in [1.29, 1.82) is 0 Å². The minimum atomic E-state index is -3.19. The molecule has 0 fully saturated rings. The molecule has 0 aliphatic carbocycles. The summed E-state index contributed by atoms with van der Waals surface area (Å²) in [6.45, 7) is 5.46. The van der Waals surface area contributed by atoms with Gasteiger partial charge in [-0.25, -0.2) is 27.8 Å². The molecule has 2 aromatic rings. The molecule has 9 heteroatoms. The molecule has 2 N–H and O–H groups in total. The van der Waals surface area contributed by atoms with Crippen molar-refractivity contribution < 1.29 is 8.42 Å². The molecule has 0 radical (unpaired) electrons. The summed E-state index contributed by atoms with van der Waals surface area (Å²) in [5.41, 5.74) is 0.697. The minimum Gasteiger partial charge on any atom is -0.369 e. The molecule has 0 amide bonds. The van der Waals surface area contributed by atoms with Gasteiger partial charge in [-0.15, -0.1) is 0 Å². The van der Waals surface area contributed by atoms with Gasteiger partial charge in [0, 0.05) is 13.1 Å². The molecule has 0 saturated heterocycles. The van der Waals surface area contributed by atoms with Crippen LogP contribution in [0.25, 0.3) is 11.0 Å². The zero-order chi connectivity index (χ0) is 16.0. The molecule has 122 valence electrons. The summed E-state index contributed by atoms with van der Waals surface area (Å²) in [6, 6.07) is 0. The molecule has 8 nitrogen and oxygen atoms in total. The van der Waals surface area contributed by atoms with Crippen LogP contribution in [0.1, 0.15) is 26.7 Å². The fourth-order valence-corrected chi connectivity index (χ4v) is 3.17. The lowest BCUT2D eigenvalue weighted by Gasteiger charge is -2.07. The second kappa shape index (κ2) is 7.50. The maximum atomic E-state index is 11.6. The first-order valence-corrected chi connectivity index (χ1v) is 9.10. The van der Waals surface area contributed by atoms with Gasteiger partial charge >= 0.3 is 0 Å². The lowest BCUT2D eigenvalue weighted by molar-refractivity contribution is 0.563. The standard InChI is InChI=1S/C13H22N6O2S/c1-3-5-14-12-11-9-17-19(13(11)16-10-15-12)7-6-18-22(20,21)8-4-2/h9-10,18H,3-8H2,1-2H3,(H,14,15,16). The first kappa shape index (κ1) is 16.6. The fraction of sp³-hybridized carbons (Fsp3) is 0.615. The van der Waals surface area contributed by atoms with Crippen LogP contribution in [-0.4, -0.2) is 47.0 Å². The van der Waals surface area contributed by atoms with Crippen molar-refractivity contribution in [1.82, 2.24) is 24.5 Å². The van der Waals surface area contributed by atoms with E-state index in [2.05, 4.69) is 32.0 Å². The van der Waals surface area contributed by atoms with E-state index in [-0.39, 0.29) is 5.75 Å². The number of rotatable bonds is 9. The van der Waals surface area contributed by atoms with Crippen molar-refractivity contribution in [2.75, 3.05) is 24.2 Å². The van der Waals surface area contributed by atoms with E-state index in [0.29, 0.717) is 25.2 Å². The van der Waals surface area contributed by atoms with E-state index < -0.39 is 10.0 Å². The molecule has 0 aliphatic rings. The number of fused-ring (bicyclic) bond motifs is 1. The van der Waals surface area contributed by atoms with Crippen LogP contribution in [0.3, 0.4) is 0 Å². The molecule has 0 aromatic carbocycles. The van der Waals surface area contributed by atoms with Crippen LogP contribution in [0.2, 0.25) is 0 Å². The highest BCUT2D eigenvalue weighted by Crippen LogP contribution is 2.18. The lowest BCUT2D eigenvalue weighted by Crippen LogP contribution is -2.29. The van der Waals surface area contributed by atoms with Crippen LogP contribution >= 0.6 is 0 Å². The summed E-state index contributed by atoms with van der Waals surface area (Å²) in [5.74, 6) is 0.893. The van der Waals surface area contributed by atoms with Crippen molar-refractivity contribution in [3.05, 3.63) is 12.5 Å². The van der Waals surface area contributed by atoms with Crippen molar-refractivity contribution >= 4 is 26.9 Å². The fourth-order valence-electron chi connectivity index (χ4n) is 2.09. The Labute approximate surface area is 130 Å². The first-order chi connectivity index (χ1) is 10.6. The number of anilines is 1. The highest BCUT2D eigenvalue weighted by molar-refractivity contribution is 7.89. The largest absolute Gasteiger partial charge is 0.369 e. The molecule has 2 aromatic heterocycles. The third-order valence-corrected chi connectivity index (χ3v) is 4.68. The number of nitrogens with one attached hydrogen (secondary N) is 2. The first-order valence-electron chi connectivity index (χ1n) is 7.45. The van der Waals surface area contributed by atoms with E-state index in [1.54, 1.807) is 10.9 Å². The van der Waals surface area contributed by atoms with E-state index in [0.717, 1.165) is 24.2 Å². The summed E-state index contributed by atoms with van der Waals surface area (Å²) < 4.78 is 27.5. The Morgan fingerprint density at radius 1 is 1.18 bits per heavy atom. The third kappa shape index (κ3) is 4.14. The van der Waals surface area contributed by atoms with Gasteiger partial charge in [0.25, 0.3) is 0 Å². The van der Waals surface area contributed by atoms with E-state index in [4.69, 9.17) is 0 Å². The zero-order valence-electron chi connectivity index (χ0n) is 12.9. The van der Waals surface area contributed by atoms with E-state index in [1.165, 1.54) is 6.33 Å². The van der Waals surface area contributed by atoms with E-state index in [9.17, 15) is 8.42 Å². The van der Waals surface area contributed by atoms with Gasteiger partial charge in [-0.3, -0.25) is 0 Å². The maximum absolute atomic E-state index is 11.6. The second-order valence-corrected chi connectivity index (χ2v) is 6.89. The number of sulfonamides is 1. The molecule has 2 heterocycles. The molecule has 0 spiro atoms. The summed E-state index contributed by atoms with van der Waals surface area (Å²) in [5, 5.41) is 8.34. The van der Waals surface area contributed by atoms with Gasteiger partial charge in [-0.05, 0) is 12.8 Å². The topological polar surface area (TPSA) is 102 Å². The molecule has 2 rings (SSSR count). The molecular formula is C13H22N6O2S. The molecular weight excluding hydrogens is 304 g/mol. The number of aromatic nitrogens is 4. The van der Waals surface area contributed by atoms with Gasteiger partial charge in [-0.1, -0.05) is 13.8 Å². The predicted octanol–water partition coefficient (Wildman–Crippen LogP) is 0.978. The van der Waals surface area contributed by atoms with Gasteiger partial charge in [0.1, 0.15) is 12.1 Å². The van der Waals surface area contributed by atoms with Gasteiger partial charge in [0.15, 0.2) is 5.65 Å². The van der Waals surface area contributed by atoms with E-state index >= 15 is 0 Å². The molecule has 0 atom stereocenters. The Morgan fingerprint density at radius 3 is 2.73 bits per heavy atom. The number of nitrogens with zero attached hydrogens (tertiary/aromatic N) is 4. The van der Waals surface area contributed by atoms with Crippen LogP contribution in [0, 0.1) is 0 Å². The van der Waals surface area contributed by atoms with Crippen molar-refractivity contribution in [2.24, 2.45) is 0 Å². The van der Waals surface area contributed by atoms with Crippen LogP contribution in [0.4, 0.5) is 5.82 Å². The quantitative estimate of drug-likeness (QED) is 0.712. The predicted molar refractivity (Wildman–Crippen MR) is 86.2 cm³/mol. The average molecular weight is 326 g/mol. The minimum absolute atomic E-state index is 0.139. The molecule has 0 bridgehead atoms. The van der Waals surface area contributed by atoms with Crippen molar-refractivity contribution in [3.63, 3.8) is 0 Å². The molecule has 0 saturated carbocycles. The summed E-state index contributed by atoms with van der Waals surface area (Å²) >= 11 is 0. The van der Waals surface area contributed by atoms with Crippen molar-refractivity contribution in [2.45, 2.75) is 33.2 Å². The summed E-state index contributed by atoms with van der Waals surface area (Å²) in [6.07, 6.45) is 4.78. The van der Waals surface area contributed by atoms with Crippen LogP contribution < -0.4 is 10.0 Å². The Bertz CT molecular complexity index is 712. The third-order valence-electron chi connectivity index (χ3n) is 3.09. The number of hydrogen-bond acceptors (Lipinski definition) is 6. The highest BCUT2D eigenvalue weighted by atomic mass is 32.2. The SMILES string of the molecule is CCCNc1ncnc2c1cnn2CCNS(=O)(=O)CCC. The van der Waals surface area contributed by atoms with Gasteiger partial charge in [0.2, 0.25) is 10.0 Å². The Balaban J connectivity index is 2.06. The zero-order valence-corrected chi connectivity index (χ0v) is 13.7. The second-order valence-electron chi connectivity index (χ2n) is 4.97. The van der Waals surface area contributed by atoms with Crippen molar-refractivity contribution in [3.8, 4) is 0 Å². The monoisotopic (exact) mass is 326 g/mol. The smallest absolute Gasteiger partial charge is 0.211 e. The van der Waals surface area contributed by atoms with Crippen LogP contribution in [0.15, 0.2) is 12.5 Å². The Hall–Kier alpha value is -1.74. The lowest BCUT2D eigenvalue weighted by atomic mass is 10.4. The Morgan fingerprint density at radius 2 is 2.00 bits per heavy atom. The molecule has 0 aliphatic heterocycles.